The minimum atomic E-state index is -1.26. The molecule has 2 bridgehead atoms. The molecule has 1 aromatic heterocycles. The summed E-state index contributed by atoms with van der Waals surface area (Å²) in [4.78, 5) is 21.6. The predicted octanol–water partition coefficient (Wildman–Crippen LogP) is 3.57. The number of halogens is 1. The maximum Gasteiger partial charge on any atom is 0.328 e. The van der Waals surface area contributed by atoms with Gasteiger partial charge in [0, 0.05) is 34.8 Å². The van der Waals surface area contributed by atoms with Gasteiger partial charge in [-0.05, 0) is 44.9 Å². The van der Waals surface area contributed by atoms with Crippen LogP contribution in [-0.2, 0) is 9.59 Å². The molecule has 0 spiro atoms. The third-order valence-electron chi connectivity index (χ3n) is 5.19. The molecule has 160 valence electrons. The standard InChI is InChI=1S/C16H18ClN3OS.C4H4O4/c1-20-12-6-7-13(20)9-14(8-12)21-16-19-18-15(22-16)10-2-4-11(17)5-3-10;5-3(6)1-2-4(7)8/h2-5,12-14H,6-9H2,1H3;1-2H,(H,5,6)(H,7,8)/t12-,13+,14?;. The van der Waals surface area contributed by atoms with Crippen molar-refractivity contribution in [1.29, 1.82) is 0 Å². The van der Waals surface area contributed by atoms with Gasteiger partial charge in [0.1, 0.15) is 6.10 Å². The second-order valence-electron chi connectivity index (χ2n) is 7.15. The van der Waals surface area contributed by atoms with E-state index in [9.17, 15) is 9.59 Å². The smallest absolute Gasteiger partial charge is 0.328 e. The summed E-state index contributed by atoms with van der Waals surface area (Å²) >= 11 is 7.42. The van der Waals surface area contributed by atoms with Crippen LogP contribution in [0.3, 0.4) is 0 Å². The molecule has 0 amide bonds. The topological polar surface area (TPSA) is 113 Å². The molecule has 0 radical (unpaired) electrons. The number of nitrogens with zero attached hydrogens (tertiary/aromatic N) is 3. The van der Waals surface area contributed by atoms with Crippen LogP contribution in [0, 0.1) is 0 Å². The fourth-order valence-corrected chi connectivity index (χ4v) is 4.60. The third-order valence-corrected chi connectivity index (χ3v) is 6.30. The molecule has 2 saturated heterocycles. The fraction of sp³-hybridized carbons (Fsp3) is 0.400. The van der Waals surface area contributed by atoms with Gasteiger partial charge in [-0.3, -0.25) is 0 Å². The van der Waals surface area contributed by atoms with Crippen molar-refractivity contribution in [3.63, 3.8) is 0 Å². The van der Waals surface area contributed by atoms with Gasteiger partial charge >= 0.3 is 11.9 Å². The third kappa shape index (κ3) is 6.01. The molecule has 8 nitrogen and oxygen atoms in total. The van der Waals surface area contributed by atoms with Crippen molar-refractivity contribution in [2.24, 2.45) is 0 Å². The van der Waals surface area contributed by atoms with Crippen LogP contribution >= 0.6 is 22.9 Å². The van der Waals surface area contributed by atoms with Crippen LogP contribution in [0.1, 0.15) is 25.7 Å². The van der Waals surface area contributed by atoms with E-state index < -0.39 is 11.9 Å². The molecule has 3 atom stereocenters. The van der Waals surface area contributed by atoms with E-state index in [2.05, 4.69) is 22.1 Å². The molecule has 2 N–H and O–H groups in total. The first-order chi connectivity index (χ1) is 14.3. The molecule has 2 aliphatic heterocycles. The van der Waals surface area contributed by atoms with E-state index >= 15 is 0 Å². The molecular weight excluding hydrogens is 430 g/mol. The Labute approximate surface area is 182 Å². The SMILES string of the molecule is CN1[C@@H]2CC[C@H]1CC(Oc1nnc(-c3ccc(Cl)cc3)s1)C2.O=C(O)C=CC(=O)O. The summed E-state index contributed by atoms with van der Waals surface area (Å²) in [6.07, 6.45) is 6.19. The lowest BCUT2D eigenvalue weighted by molar-refractivity contribution is -0.134. The number of carboxylic acids is 2. The molecule has 0 saturated carbocycles. The zero-order valence-electron chi connectivity index (χ0n) is 16.3. The van der Waals surface area contributed by atoms with Crippen LogP contribution in [0.15, 0.2) is 36.4 Å². The summed E-state index contributed by atoms with van der Waals surface area (Å²) < 4.78 is 6.10. The first kappa shape index (κ1) is 22.2. The van der Waals surface area contributed by atoms with Crippen LogP contribution in [0.2, 0.25) is 5.02 Å². The molecule has 30 heavy (non-hydrogen) atoms. The highest BCUT2D eigenvalue weighted by atomic mass is 35.5. The number of carboxylic acid groups (broad SMARTS) is 2. The Bertz CT molecular complexity index is 887. The van der Waals surface area contributed by atoms with Crippen molar-refractivity contribution in [2.75, 3.05) is 7.05 Å². The van der Waals surface area contributed by atoms with Gasteiger partial charge in [0.25, 0.3) is 5.19 Å². The monoisotopic (exact) mass is 451 g/mol. The summed E-state index contributed by atoms with van der Waals surface area (Å²) in [6, 6.07) is 9.01. The zero-order chi connectivity index (χ0) is 21.7. The Morgan fingerprint density at radius 2 is 1.67 bits per heavy atom. The summed E-state index contributed by atoms with van der Waals surface area (Å²) in [5, 5.41) is 26.3. The summed E-state index contributed by atoms with van der Waals surface area (Å²) in [6.45, 7) is 0. The first-order valence-corrected chi connectivity index (χ1v) is 10.6. The molecule has 2 aliphatic rings. The Hall–Kier alpha value is -2.49. The highest BCUT2D eigenvalue weighted by Crippen LogP contribution is 2.37. The van der Waals surface area contributed by atoms with Gasteiger partial charge in [-0.25, -0.2) is 9.59 Å². The number of hydrogen-bond donors (Lipinski definition) is 2. The van der Waals surface area contributed by atoms with Gasteiger partial charge < -0.3 is 19.8 Å². The van der Waals surface area contributed by atoms with Gasteiger partial charge in [0.15, 0.2) is 5.01 Å². The van der Waals surface area contributed by atoms with Crippen molar-refractivity contribution < 1.29 is 24.5 Å². The van der Waals surface area contributed by atoms with E-state index in [4.69, 9.17) is 26.6 Å². The number of aromatic nitrogens is 2. The lowest BCUT2D eigenvalue weighted by atomic mass is 10.0. The molecule has 4 rings (SSSR count). The van der Waals surface area contributed by atoms with Gasteiger partial charge in [-0.15, -0.1) is 5.10 Å². The molecule has 2 aromatic rings. The molecule has 10 heteroatoms. The largest absolute Gasteiger partial charge is 0.478 e. The van der Waals surface area contributed by atoms with Gasteiger partial charge in [0.2, 0.25) is 0 Å². The Kier molecular flexibility index (Phi) is 7.41. The number of aliphatic carboxylic acids is 2. The van der Waals surface area contributed by atoms with Crippen molar-refractivity contribution >= 4 is 34.9 Å². The zero-order valence-corrected chi connectivity index (χ0v) is 17.8. The molecule has 3 heterocycles. The number of benzene rings is 1. The maximum absolute atomic E-state index is 9.55. The molecule has 2 fully saturated rings. The lowest BCUT2D eigenvalue weighted by Gasteiger charge is -2.35. The molecule has 1 aromatic carbocycles. The number of ether oxygens (including phenoxy) is 1. The Morgan fingerprint density at radius 3 is 2.20 bits per heavy atom. The second-order valence-corrected chi connectivity index (χ2v) is 8.53. The Balaban J connectivity index is 0.000000275. The maximum atomic E-state index is 9.55. The molecule has 0 aliphatic carbocycles. The van der Waals surface area contributed by atoms with Crippen LogP contribution in [-0.4, -0.2) is 62.5 Å². The lowest BCUT2D eigenvalue weighted by Crippen LogP contribution is -2.43. The molecule has 1 unspecified atom stereocenters. The van der Waals surface area contributed by atoms with Crippen LogP contribution in [0.25, 0.3) is 10.6 Å². The average molecular weight is 452 g/mol. The molecular formula is C20H22ClN3O5S. The number of carbonyl (C=O) groups is 2. The first-order valence-electron chi connectivity index (χ1n) is 9.43. The summed E-state index contributed by atoms with van der Waals surface area (Å²) in [7, 11) is 2.24. The number of hydrogen-bond acceptors (Lipinski definition) is 7. The number of piperidine rings is 1. The number of fused-ring (bicyclic) bond motifs is 2. The summed E-state index contributed by atoms with van der Waals surface area (Å²) in [5.74, 6) is -2.51. The van der Waals surface area contributed by atoms with E-state index in [1.54, 1.807) is 0 Å². The predicted molar refractivity (Wildman–Crippen MR) is 113 cm³/mol. The van der Waals surface area contributed by atoms with E-state index in [1.165, 1.54) is 24.2 Å². The van der Waals surface area contributed by atoms with Crippen LogP contribution in [0.5, 0.6) is 5.19 Å². The van der Waals surface area contributed by atoms with E-state index in [1.807, 2.05) is 24.3 Å². The normalized spacial score (nSPS) is 23.1. The quantitative estimate of drug-likeness (QED) is 0.663. The minimum absolute atomic E-state index is 0.278. The highest BCUT2D eigenvalue weighted by molar-refractivity contribution is 7.16. The highest BCUT2D eigenvalue weighted by Gasteiger charge is 2.39. The van der Waals surface area contributed by atoms with Crippen molar-refractivity contribution in [2.45, 2.75) is 43.9 Å². The summed E-state index contributed by atoms with van der Waals surface area (Å²) in [5.41, 5.74) is 1.03. The van der Waals surface area contributed by atoms with Crippen LogP contribution < -0.4 is 4.74 Å². The van der Waals surface area contributed by atoms with Crippen LogP contribution in [0.4, 0.5) is 0 Å². The van der Waals surface area contributed by atoms with Crippen molar-refractivity contribution in [3.8, 4) is 15.8 Å². The average Bonchev–Trinajstić information content (AvgIpc) is 3.22. The van der Waals surface area contributed by atoms with Crippen molar-refractivity contribution in [3.05, 3.63) is 41.4 Å². The van der Waals surface area contributed by atoms with Gasteiger partial charge in [-0.1, -0.05) is 40.2 Å². The van der Waals surface area contributed by atoms with E-state index in [-0.39, 0.29) is 6.10 Å². The minimum Gasteiger partial charge on any atom is -0.478 e. The second kappa shape index (κ2) is 10.0. The van der Waals surface area contributed by atoms with Gasteiger partial charge in [-0.2, -0.15) is 0 Å². The number of rotatable bonds is 5. The Morgan fingerprint density at radius 1 is 1.10 bits per heavy atom. The fourth-order valence-electron chi connectivity index (χ4n) is 3.71. The van der Waals surface area contributed by atoms with E-state index in [0.29, 0.717) is 29.4 Å². The van der Waals surface area contributed by atoms with Gasteiger partial charge in [0.05, 0.1) is 0 Å². The van der Waals surface area contributed by atoms with Crippen molar-refractivity contribution in [1.82, 2.24) is 15.1 Å². The van der Waals surface area contributed by atoms with E-state index in [0.717, 1.165) is 28.4 Å².